The van der Waals surface area contributed by atoms with Crippen molar-refractivity contribution in [1.29, 1.82) is 0 Å². The first kappa shape index (κ1) is 22.8. The van der Waals surface area contributed by atoms with E-state index in [1.165, 1.54) is 0 Å². The Labute approximate surface area is 206 Å². The molecule has 8 nitrogen and oxygen atoms in total. The number of nitrogens with one attached hydrogen (secondary N) is 1. The number of aromatic nitrogens is 2. The van der Waals surface area contributed by atoms with Gasteiger partial charge in [-0.05, 0) is 35.9 Å². The van der Waals surface area contributed by atoms with E-state index in [4.69, 9.17) is 4.74 Å². The zero-order valence-electron chi connectivity index (χ0n) is 19.2. The molecule has 0 spiro atoms. The molecule has 8 heteroatoms. The number of hydrogen-bond acceptors (Lipinski definition) is 5. The SMILES string of the molecule is O=C(COc1cccc2cccnc12)N/N=C/c1cn(Cc2cccc(C(=O)O)c2)c2ccccc12. The lowest BCUT2D eigenvalue weighted by molar-refractivity contribution is -0.123. The molecule has 5 aromatic rings. The molecule has 0 radical (unpaired) electrons. The number of carbonyl (C=O) groups is 2. The van der Waals surface area contributed by atoms with Crippen molar-refractivity contribution in [1.82, 2.24) is 15.0 Å². The third-order valence-electron chi connectivity index (χ3n) is 5.69. The number of pyridine rings is 1. The van der Waals surface area contributed by atoms with Gasteiger partial charge in [-0.15, -0.1) is 0 Å². The van der Waals surface area contributed by atoms with Crippen molar-refractivity contribution in [3.63, 3.8) is 0 Å². The van der Waals surface area contributed by atoms with Crippen molar-refractivity contribution < 1.29 is 19.4 Å². The van der Waals surface area contributed by atoms with Crippen molar-refractivity contribution in [2.24, 2.45) is 5.10 Å². The Morgan fingerprint density at radius 1 is 1.03 bits per heavy atom. The van der Waals surface area contributed by atoms with E-state index in [0.717, 1.165) is 27.4 Å². The summed E-state index contributed by atoms with van der Waals surface area (Å²) in [7, 11) is 0. The van der Waals surface area contributed by atoms with Gasteiger partial charge in [0.2, 0.25) is 0 Å². The van der Waals surface area contributed by atoms with Gasteiger partial charge in [0, 0.05) is 40.8 Å². The molecule has 1 amide bonds. The molecular formula is C28H22N4O4. The Morgan fingerprint density at radius 3 is 2.75 bits per heavy atom. The lowest BCUT2D eigenvalue weighted by atomic mass is 10.1. The highest BCUT2D eigenvalue weighted by Gasteiger charge is 2.10. The smallest absolute Gasteiger partial charge is 0.335 e. The van der Waals surface area contributed by atoms with E-state index < -0.39 is 11.9 Å². The number of hydrazone groups is 1. The van der Waals surface area contributed by atoms with Gasteiger partial charge >= 0.3 is 5.97 Å². The van der Waals surface area contributed by atoms with Crippen LogP contribution >= 0.6 is 0 Å². The third-order valence-corrected chi connectivity index (χ3v) is 5.69. The molecule has 2 heterocycles. The highest BCUT2D eigenvalue weighted by atomic mass is 16.5. The largest absolute Gasteiger partial charge is 0.481 e. The standard InChI is InChI=1S/C28H22N4O4/c33-26(18-36-25-12-4-7-20-9-5-13-29-27(20)25)31-30-15-22-17-32(24-11-2-1-10-23(22)24)16-19-6-3-8-21(14-19)28(34)35/h1-15,17H,16,18H2,(H,31,33)(H,34,35)/b30-15+. The van der Waals surface area contributed by atoms with Gasteiger partial charge in [-0.3, -0.25) is 9.78 Å². The Balaban J connectivity index is 1.28. The lowest BCUT2D eigenvalue weighted by Gasteiger charge is -2.07. The van der Waals surface area contributed by atoms with Gasteiger partial charge in [0.1, 0.15) is 11.3 Å². The maximum atomic E-state index is 12.3. The molecule has 0 atom stereocenters. The summed E-state index contributed by atoms with van der Waals surface area (Å²) >= 11 is 0. The normalized spacial score (nSPS) is 11.2. The molecule has 178 valence electrons. The summed E-state index contributed by atoms with van der Waals surface area (Å²) in [6, 6.07) is 24.0. The second-order valence-corrected chi connectivity index (χ2v) is 8.15. The molecule has 0 saturated carbocycles. The average Bonchev–Trinajstić information content (AvgIpc) is 3.24. The molecular weight excluding hydrogens is 456 g/mol. The predicted octanol–water partition coefficient (Wildman–Crippen LogP) is 4.47. The molecule has 0 aliphatic carbocycles. The number of nitrogens with zero attached hydrogens (tertiary/aromatic N) is 3. The molecule has 0 aliphatic heterocycles. The topological polar surface area (TPSA) is 106 Å². The zero-order chi connectivity index (χ0) is 24.9. The molecule has 0 unspecified atom stereocenters. The predicted molar refractivity (Wildman–Crippen MR) is 137 cm³/mol. The van der Waals surface area contributed by atoms with Crippen molar-refractivity contribution in [3.05, 3.63) is 108 Å². The number of hydrogen-bond donors (Lipinski definition) is 2. The fourth-order valence-electron chi connectivity index (χ4n) is 4.05. The lowest BCUT2D eigenvalue weighted by Crippen LogP contribution is -2.24. The maximum Gasteiger partial charge on any atom is 0.335 e. The van der Waals surface area contributed by atoms with Crippen LogP contribution in [0, 0.1) is 0 Å². The summed E-state index contributed by atoms with van der Waals surface area (Å²) in [5.74, 6) is -0.825. The van der Waals surface area contributed by atoms with Crippen LogP contribution in [-0.2, 0) is 11.3 Å². The molecule has 5 rings (SSSR count). The molecule has 2 aromatic heterocycles. The number of para-hydroxylation sites is 2. The van der Waals surface area contributed by atoms with Crippen molar-refractivity contribution in [2.45, 2.75) is 6.54 Å². The van der Waals surface area contributed by atoms with Gasteiger partial charge in [0.05, 0.1) is 11.8 Å². The van der Waals surface area contributed by atoms with Crippen LogP contribution in [-0.4, -0.2) is 39.4 Å². The zero-order valence-corrected chi connectivity index (χ0v) is 19.2. The number of carboxylic acids is 1. The van der Waals surface area contributed by atoms with Crippen molar-refractivity contribution in [2.75, 3.05) is 6.61 Å². The van der Waals surface area contributed by atoms with Crippen molar-refractivity contribution in [3.8, 4) is 5.75 Å². The van der Waals surface area contributed by atoms with Crippen LogP contribution in [0.15, 0.2) is 96.4 Å². The van der Waals surface area contributed by atoms with Gasteiger partial charge in [-0.2, -0.15) is 5.10 Å². The van der Waals surface area contributed by atoms with E-state index in [1.807, 2.05) is 65.4 Å². The summed E-state index contributed by atoms with van der Waals surface area (Å²) in [6.45, 7) is 0.295. The van der Waals surface area contributed by atoms with Crippen molar-refractivity contribution >= 4 is 39.9 Å². The second-order valence-electron chi connectivity index (χ2n) is 8.15. The minimum Gasteiger partial charge on any atom is -0.481 e. The Hall–Kier alpha value is -4.98. The van der Waals surface area contributed by atoms with E-state index in [1.54, 1.807) is 36.7 Å². The summed E-state index contributed by atoms with van der Waals surface area (Å²) < 4.78 is 7.68. The molecule has 36 heavy (non-hydrogen) atoms. The maximum absolute atomic E-state index is 12.3. The van der Waals surface area contributed by atoms with Crippen LogP contribution in [0.2, 0.25) is 0 Å². The second kappa shape index (κ2) is 10.1. The van der Waals surface area contributed by atoms with Gasteiger partial charge in [-0.25, -0.2) is 10.2 Å². The number of aromatic carboxylic acids is 1. The summed E-state index contributed by atoms with van der Waals surface area (Å²) in [6.07, 6.45) is 5.19. The molecule has 0 bridgehead atoms. The fraction of sp³-hybridized carbons (Fsp3) is 0.0714. The Morgan fingerprint density at radius 2 is 1.86 bits per heavy atom. The first-order chi connectivity index (χ1) is 17.6. The summed E-state index contributed by atoms with van der Waals surface area (Å²) in [5, 5.41) is 15.3. The van der Waals surface area contributed by atoms with E-state index >= 15 is 0 Å². The average molecular weight is 479 g/mol. The highest BCUT2D eigenvalue weighted by molar-refractivity contribution is 5.99. The monoisotopic (exact) mass is 478 g/mol. The number of carboxylic acid groups (broad SMARTS) is 1. The molecule has 3 aromatic carbocycles. The third kappa shape index (κ3) is 4.92. The van der Waals surface area contributed by atoms with Gasteiger partial charge in [-0.1, -0.05) is 48.5 Å². The minimum atomic E-state index is -0.960. The number of rotatable bonds is 8. The van der Waals surface area contributed by atoms with Crippen LogP contribution in [0.5, 0.6) is 5.75 Å². The van der Waals surface area contributed by atoms with E-state index in [0.29, 0.717) is 17.8 Å². The Kier molecular flexibility index (Phi) is 6.40. The van der Waals surface area contributed by atoms with Crippen LogP contribution in [0.1, 0.15) is 21.5 Å². The van der Waals surface area contributed by atoms with E-state index in [-0.39, 0.29) is 12.2 Å². The molecule has 2 N–H and O–H groups in total. The molecule has 0 aliphatic rings. The van der Waals surface area contributed by atoms with Crippen LogP contribution in [0.25, 0.3) is 21.8 Å². The summed E-state index contributed by atoms with van der Waals surface area (Å²) in [4.78, 5) is 27.9. The Bertz CT molecular complexity index is 1600. The number of carbonyl (C=O) groups excluding carboxylic acids is 1. The van der Waals surface area contributed by atoms with Gasteiger partial charge < -0.3 is 14.4 Å². The summed E-state index contributed by atoms with van der Waals surface area (Å²) in [5.41, 5.74) is 6.10. The molecule has 0 fully saturated rings. The van der Waals surface area contributed by atoms with Gasteiger partial charge in [0.25, 0.3) is 5.91 Å². The van der Waals surface area contributed by atoms with E-state index in [2.05, 4.69) is 15.5 Å². The van der Waals surface area contributed by atoms with Crippen LogP contribution < -0.4 is 10.2 Å². The number of amides is 1. The van der Waals surface area contributed by atoms with Crippen LogP contribution in [0.4, 0.5) is 0 Å². The first-order valence-electron chi connectivity index (χ1n) is 11.3. The first-order valence-corrected chi connectivity index (χ1v) is 11.3. The highest BCUT2D eigenvalue weighted by Crippen LogP contribution is 2.23. The fourth-order valence-corrected chi connectivity index (χ4v) is 4.05. The van der Waals surface area contributed by atoms with Crippen LogP contribution in [0.3, 0.4) is 0 Å². The van der Waals surface area contributed by atoms with E-state index in [9.17, 15) is 14.7 Å². The number of ether oxygens (including phenoxy) is 1. The van der Waals surface area contributed by atoms with Gasteiger partial charge in [0.15, 0.2) is 6.61 Å². The number of fused-ring (bicyclic) bond motifs is 2. The quantitative estimate of drug-likeness (QED) is 0.253. The number of benzene rings is 3. The minimum absolute atomic E-state index is 0.200. The molecule has 0 saturated heterocycles.